The molecule has 0 atom stereocenters. The molecule has 0 aliphatic heterocycles. The Labute approximate surface area is 102 Å². The third kappa shape index (κ3) is 5.17. The molecule has 0 spiro atoms. The maximum Gasteiger partial charge on any atom is 1.00 e. The summed E-state index contributed by atoms with van der Waals surface area (Å²) in [5.74, 6) is 0.387. The number of rotatable bonds is 2. The molecule has 0 saturated heterocycles. The van der Waals surface area contributed by atoms with Crippen molar-refractivity contribution in [3.05, 3.63) is 30.3 Å². The molecule has 1 rings (SSSR count). The fourth-order valence-electron chi connectivity index (χ4n) is 0.759. The Bertz CT molecular complexity index is 295. The van der Waals surface area contributed by atoms with Gasteiger partial charge in [-0.15, -0.1) is 0 Å². The average Bonchev–Trinajstić information content (AvgIpc) is 2.06. The van der Waals surface area contributed by atoms with Crippen molar-refractivity contribution in [3.8, 4) is 0 Å². The molecule has 1 aromatic rings. The quantitative estimate of drug-likeness (QED) is 0.297. The zero-order chi connectivity index (χ0) is 8.81. The predicted octanol–water partition coefficient (Wildman–Crippen LogP) is 0.0763. The van der Waals surface area contributed by atoms with E-state index in [1.165, 1.54) is 0 Å². The predicted molar refractivity (Wildman–Crippen MR) is 49.0 cm³/mol. The first-order valence-electron chi connectivity index (χ1n) is 3.43. The van der Waals surface area contributed by atoms with Gasteiger partial charge in [0.1, 0.15) is 0 Å². The molecule has 0 heterocycles. The standard InChI is InChI=1S/C8H8NO2P.Na.H/c1-7(11-12-10)9-8-5-3-2-4-6-8;;/h2-6H,1H3;;/q;+1;-1. The zero-order valence-corrected chi connectivity index (χ0v) is 10.5. The van der Waals surface area contributed by atoms with Crippen molar-refractivity contribution in [3.63, 3.8) is 0 Å². The van der Waals surface area contributed by atoms with Gasteiger partial charge in [-0.2, -0.15) is 0 Å². The van der Waals surface area contributed by atoms with Crippen molar-refractivity contribution in [1.29, 1.82) is 0 Å². The summed E-state index contributed by atoms with van der Waals surface area (Å²) < 4.78 is 14.6. The van der Waals surface area contributed by atoms with Crippen LogP contribution in [-0.4, -0.2) is 5.90 Å². The van der Waals surface area contributed by atoms with Crippen LogP contribution in [0.1, 0.15) is 8.35 Å². The van der Waals surface area contributed by atoms with Crippen LogP contribution in [0.25, 0.3) is 0 Å². The molecule has 13 heavy (non-hydrogen) atoms. The fourth-order valence-corrected chi connectivity index (χ4v) is 0.907. The van der Waals surface area contributed by atoms with Crippen molar-refractivity contribution in [1.82, 2.24) is 0 Å². The summed E-state index contributed by atoms with van der Waals surface area (Å²) in [6.07, 6.45) is 0. The Kier molecular flexibility index (Phi) is 7.10. The Balaban J connectivity index is 0. The van der Waals surface area contributed by atoms with Gasteiger partial charge in [-0.25, -0.2) is 9.56 Å². The Hall–Kier alpha value is -0.210. The molecule has 0 aliphatic carbocycles. The minimum atomic E-state index is -0.371. The molecule has 1 aromatic carbocycles. The van der Waals surface area contributed by atoms with Crippen LogP contribution in [-0.2, 0) is 9.09 Å². The Morgan fingerprint density at radius 2 is 2.08 bits per heavy atom. The molecular weight excluding hydrogens is 196 g/mol. The second-order valence-electron chi connectivity index (χ2n) is 2.13. The van der Waals surface area contributed by atoms with Crippen LogP contribution >= 0.6 is 8.69 Å². The summed E-state index contributed by atoms with van der Waals surface area (Å²) in [5, 5.41) is 0. The van der Waals surface area contributed by atoms with Gasteiger partial charge < -0.3 is 5.95 Å². The number of hydrogen-bond acceptors (Lipinski definition) is 3. The second-order valence-corrected chi connectivity index (χ2v) is 2.46. The fraction of sp³-hybridized carbons (Fsp3) is 0.125. The summed E-state index contributed by atoms with van der Waals surface area (Å²) >= 11 is 0. The van der Waals surface area contributed by atoms with Crippen LogP contribution in [0.3, 0.4) is 0 Å². The first kappa shape index (κ1) is 12.8. The summed E-state index contributed by atoms with van der Waals surface area (Å²) in [6.45, 7) is 1.65. The topological polar surface area (TPSA) is 38.7 Å². The van der Waals surface area contributed by atoms with Crippen molar-refractivity contribution in [2.45, 2.75) is 6.92 Å². The Morgan fingerprint density at radius 1 is 1.46 bits per heavy atom. The molecule has 5 heteroatoms. The number of hydrogen-bond donors (Lipinski definition) is 0. The molecule has 0 unspecified atom stereocenters. The van der Waals surface area contributed by atoms with Gasteiger partial charge in [-0.3, -0.25) is 0 Å². The number of nitrogens with zero attached hydrogens (tertiary/aromatic N) is 1. The largest absolute Gasteiger partial charge is 1.00 e. The molecule has 0 radical (unpaired) electrons. The first-order valence-corrected chi connectivity index (χ1v) is 4.16. The molecule has 0 N–H and O–H groups in total. The molecule has 0 aliphatic rings. The molecule has 3 nitrogen and oxygen atoms in total. The van der Waals surface area contributed by atoms with Crippen molar-refractivity contribution >= 4 is 20.3 Å². The van der Waals surface area contributed by atoms with E-state index in [0.717, 1.165) is 5.69 Å². The van der Waals surface area contributed by atoms with E-state index in [9.17, 15) is 4.57 Å². The van der Waals surface area contributed by atoms with Crippen LogP contribution in [0.5, 0.6) is 0 Å². The van der Waals surface area contributed by atoms with Gasteiger partial charge >= 0.3 is 38.2 Å². The van der Waals surface area contributed by atoms with E-state index in [2.05, 4.69) is 9.52 Å². The minimum absolute atomic E-state index is 0. The van der Waals surface area contributed by atoms with Crippen molar-refractivity contribution in [2.75, 3.05) is 0 Å². The SMILES string of the molecule is CC(=Nc1ccccc1)OP=O.[H-].[Na+]. The maximum absolute atomic E-state index is 10.00. The smallest absolute Gasteiger partial charge is 1.00 e. The minimum Gasteiger partial charge on any atom is -1.00 e. The van der Waals surface area contributed by atoms with Crippen LogP contribution in [0.4, 0.5) is 5.69 Å². The van der Waals surface area contributed by atoms with Gasteiger partial charge in [0.05, 0.1) is 5.69 Å². The van der Waals surface area contributed by atoms with Crippen LogP contribution in [0.15, 0.2) is 35.3 Å². The van der Waals surface area contributed by atoms with Gasteiger partial charge in [0.15, 0.2) is 5.90 Å². The summed E-state index contributed by atoms with van der Waals surface area (Å²) in [6, 6.07) is 9.34. The average molecular weight is 205 g/mol. The van der Waals surface area contributed by atoms with Gasteiger partial charge in [-0.1, -0.05) is 18.2 Å². The maximum atomic E-state index is 10.00. The van der Waals surface area contributed by atoms with Crippen LogP contribution in [0, 0.1) is 0 Å². The third-order valence-corrected chi connectivity index (χ3v) is 1.55. The molecule has 0 aromatic heterocycles. The third-order valence-electron chi connectivity index (χ3n) is 1.21. The Morgan fingerprint density at radius 3 is 2.62 bits per heavy atom. The number of benzene rings is 1. The van der Waals surface area contributed by atoms with E-state index < -0.39 is 0 Å². The van der Waals surface area contributed by atoms with E-state index in [-0.39, 0.29) is 39.7 Å². The molecular formula is C8H9NNaO2P. The van der Waals surface area contributed by atoms with E-state index in [1.54, 1.807) is 6.92 Å². The first-order chi connectivity index (χ1) is 5.83. The van der Waals surface area contributed by atoms with Crippen LogP contribution < -0.4 is 29.6 Å². The summed E-state index contributed by atoms with van der Waals surface area (Å²) in [7, 11) is -0.371. The normalized spacial score (nSPS) is 10.7. The molecule has 0 saturated carbocycles. The molecule has 64 valence electrons. The van der Waals surface area contributed by atoms with Crippen molar-refractivity contribution in [2.24, 2.45) is 4.99 Å². The van der Waals surface area contributed by atoms with E-state index >= 15 is 0 Å². The van der Waals surface area contributed by atoms with Gasteiger partial charge in [0, 0.05) is 6.92 Å². The second kappa shape index (κ2) is 7.22. The van der Waals surface area contributed by atoms with E-state index in [0.29, 0.717) is 5.90 Å². The van der Waals surface area contributed by atoms with E-state index in [1.807, 2.05) is 30.3 Å². The van der Waals surface area contributed by atoms with Gasteiger partial charge in [0.2, 0.25) is 0 Å². The molecule has 0 amide bonds. The molecule has 0 bridgehead atoms. The van der Waals surface area contributed by atoms with Gasteiger partial charge in [-0.05, 0) is 12.1 Å². The van der Waals surface area contributed by atoms with E-state index in [4.69, 9.17) is 0 Å². The van der Waals surface area contributed by atoms with Crippen molar-refractivity contribution < 1.29 is 40.1 Å². The van der Waals surface area contributed by atoms with Gasteiger partial charge in [0.25, 0.3) is 0 Å². The monoisotopic (exact) mass is 205 g/mol. The summed E-state index contributed by atoms with van der Waals surface area (Å²) in [4.78, 5) is 4.04. The summed E-state index contributed by atoms with van der Waals surface area (Å²) in [5.41, 5.74) is 0.790. The number of para-hydroxylation sites is 1. The number of aliphatic imine (C=N–C) groups is 1. The molecule has 0 fully saturated rings. The zero-order valence-electron chi connectivity index (χ0n) is 8.60. The van der Waals surface area contributed by atoms with Crippen LogP contribution in [0.2, 0.25) is 0 Å².